The molecule has 92 valence electrons. The predicted octanol–water partition coefficient (Wildman–Crippen LogP) is 2.52. The van der Waals surface area contributed by atoms with Gasteiger partial charge in [0.2, 0.25) is 0 Å². The number of likely N-dealkylation sites (N-methyl/N-ethyl adjacent to an activating group) is 1. The second-order valence-corrected chi connectivity index (χ2v) is 5.06. The molecule has 2 heterocycles. The van der Waals surface area contributed by atoms with Gasteiger partial charge < -0.3 is 10.2 Å². The van der Waals surface area contributed by atoms with Crippen LogP contribution in [0, 0.1) is 0 Å². The van der Waals surface area contributed by atoms with Crippen LogP contribution in [0.25, 0.3) is 10.1 Å². The van der Waals surface area contributed by atoms with Gasteiger partial charge in [-0.1, -0.05) is 12.1 Å². The van der Waals surface area contributed by atoms with Crippen molar-refractivity contribution in [3.05, 3.63) is 24.3 Å². The second-order valence-electron chi connectivity index (χ2n) is 4.26. The Bertz CT molecular complexity index is 493. The van der Waals surface area contributed by atoms with E-state index in [4.69, 9.17) is 0 Å². The van der Waals surface area contributed by atoms with E-state index in [1.165, 1.54) is 16.5 Å². The van der Waals surface area contributed by atoms with E-state index >= 15 is 0 Å². The van der Waals surface area contributed by atoms with Crippen molar-refractivity contribution >= 4 is 39.8 Å². The number of anilines is 1. The molecule has 0 bridgehead atoms. The molecule has 3 nitrogen and oxygen atoms in total. The Morgan fingerprint density at radius 2 is 2.24 bits per heavy atom. The molecule has 1 aliphatic rings. The van der Waals surface area contributed by atoms with Gasteiger partial charge in [0.25, 0.3) is 0 Å². The average Bonchev–Trinajstić information content (AvgIpc) is 2.98. The van der Waals surface area contributed by atoms with Gasteiger partial charge in [0.05, 0.1) is 4.70 Å². The predicted molar refractivity (Wildman–Crippen MR) is 76.5 cm³/mol. The van der Waals surface area contributed by atoms with Crippen LogP contribution in [0.3, 0.4) is 0 Å². The molecular formula is C12H16ClN3S. The van der Waals surface area contributed by atoms with E-state index in [-0.39, 0.29) is 12.4 Å². The molecule has 1 aromatic carbocycles. The fourth-order valence-electron chi connectivity index (χ4n) is 2.27. The van der Waals surface area contributed by atoms with Crippen LogP contribution in [0.15, 0.2) is 24.3 Å². The maximum absolute atomic E-state index is 4.58. The Hall–Kier alpha value is -0.840. The Morgan fingerprint density at radius 3 is 3.00 bits per heavy atom. The minimum absolute atomic E-state index is 0. The first-order chi connectivity index (χ1) is 7.86. The van der Waals surface area contributed by atoms with E-state index in [2.05, 4.69) is 45.9 Å². The zero-order chi connectivity index (χ0) is 11.0. The third-order valence-electron chi connectivity index (χ3n) is 3.27. The summed E-state index contributed by atoms with van der Waals surface area (Å²) in [5, 5.41) is 4.68. The molecule has 0 aliphatic carbocycles. The van der Waals surface area contributed by atoms with Crippen molar-refractivity contribution < 1.29 is 0 Å². The lowest BCUT2D eigenvalue weighted by Crippen LogP contribution is -2.33. The monoisotopic (exact) mass is 269 g/mol. The van der Waals surface area contributed by atoms with Crippen LogP contribution in [0.5, 0.6) is 0 Å². The number of aromatic nitrogens is 1. The van der Waals surface area contributed by atoms with E-state index in [0.29, 0.717) is 6.04 Å². The zero-order valence-electron chi connectivity index (χ0n) is 9.72. The van der Waals surface area contributed by atoms with Crippen LogP contribution < -0.4 is 10.2 Å². The van der Waals surface area contributed by atoms with Gasteiger partial charge in [0.15, 0.2) is 0 Å². The molecule has 1 atom stereocenters. The fraction of sp³-hybridized carbons (Fsp3) is 0.417. The van der Waals surface area contributed by atoms with E-state index in [1.54, 1.807) is 11.5 Å². The zero-order valence-corrected chi connectivity index (χ0v) is 11.4. The second kappa shape index (κ2) is 5.21. The highest BCUT2D eigenvalue weighted by Crippen LogP contribution is 2.30. The number of fused-ring (bicyclic) bond motifs is 1. The number of halogens is 1. The summed E-state index contributed by atoms with van der Waals surface area (Å²) in [7, 11) is 2.15. The molecule has 0 spiro atoms. The lowest BCUT2D eigenvalue weighted by Gasteiger charge is -2.23. The normalized spacial score (nSPS) is 19.2. The summed E-state index contributed by atoms with van der Waals surface area (Å²) in [6, 6.07) is 9.04. The van der Waals surface area contributed by atoms with Crippen molar-refractivity contribution in [1.29, 1.82) is 0 Å². The summed E-state index contributed by atoms with van der Waals surface area (Å²) in [5.74, 6) is 1.13. The van der Waals surface area contributed by atoms with E-state index < -0.39 is 0 Å². The molecule has 2 aromatic rings. The molecule has 1 N–H and O–H groups in total. The van der Waals surface area contributed by atoms with Crippen molar-refractivity contribution in [2.45, 2.75) is 12.5 Å². The van der Waals surface area contributed by atoms with Crippen molar-refractivity contribution in [1.82, 2.24) is 9.69 Å². The Kier molecular flexibility index (Phi) is 3.86. The van der Waals surface area contributed by atoms with Gasteiger partial charge in [0.1, 0.15) is 5.82 Å². The third kappa shape index (κ3) is 2.25. The highest BCUT2D eigenvalue weighted by Gasteiger charge is 2.22. The van der Waals surface area contributed by atoms with E-state index in [0.717, 1.165) is 18.9 Å². The van der Waals surface area contributed by atoms with E-state index in [9.17, 15) is 0 Å². The first-order valence-corrected chi connectivity index (χ1v) is 6.41. The average molecular weight is 270 g/mol. The Morgan fingerprint density at radius 1 is 1.41 bits per heavy atom. The number of hydrogen-bond donors (Lipinski definition) is 1. The minimum atomic E-state index is 0. The summed E-state index contributed by atoms with van der Waals surface area (Å²) in [6.07, 6.45) is 1.21. The summed E-state index contributed by atoms with van der Waals surface area (Å²) >= 11 is 1.59. The maximum atomic E-state index is 4.58. The number of benzene rings is 1. The van der Waals surface area contributed by atoms with Crippen molar-refractivity contribution in [3.8, 4) is 0 Å². The molecule has 0 amide bonds. The quantitative estimate of drug-likeness (QED) is 0.908. The number of hydrogen-bond acceptors (Lipinski definition) is 4. The molecule has 1 fully saturated rings. The standard InChI is InChI=1S/C12H15N3S.ClH/c1-15(9-6-7-13-8-9)12-10-4-2-3-5-11(10)16-14-12;/h2-5,9,13H,6-8H2,1H3;1H/t9-;/m0./s1. The van der Waals surface area contributed by atoms with Gasteiger partial charge in [-0.3, -0.25) is 0 Å². The fourth-order valence-corrected chi connectivity index (χ4v) is 3.08. The van der Waals surface area contributed by atoms with Gasteiger partial charge >= 0.3 is 0 Å². The molecule has 17 heavy (non-hydrogen) atoms. The van der Waals surface area contributed by atoms with Gasteiger partial charge in [-0.05, 0) is 36.6 Å². The minimum Gasteiger partial charge on any atom is -0.354 e. The van der Waals surface area contributed by atoms with Gasteiger partial charge in [-0.25, -0.2) is 0 Å². The van der Waals surface area contributed by atoms with Crippen molar-refractivity contribution in [3.63, 3.8) is 0 Å². The van der Waals surface area contributed by atoms with Crippen LogP contribution in [0.1, 0.15) is 6.42 Å². The largest absolute Gasteiger partial charge is 0.354 e. The highest BCUT2D eigenvalue weighted by molar-refractivity contribution is 7.13. The first-order valence-electron chi connectivity index (χ1n) is 5.64. The summed E-state index contributed by atoms with van der Waals surface area (Å²) in [6.45, 7) is 2.19. The third-order valence-corrected chi connectivity index (χ3v) is 4.09. The molecule has 0 saturated carbocycles. The smallest absolute Gasteiger partial charge is 0.150 e. The van der Waals surface area contributed by atoms with Gasteiger partial charge in [0, 0.05) is 25.0 Å². The molecule has 5 heteroatoms. The number of nitrogens with one attached hydrogen (secondary N) is 1. The van der Waals surface area contributed by atoms with Crippen molar-refractivity contribution in [2.24, 2.45) is 0 Å². The van der Waals surface area contributed by atoms with Gasteiger partial charge in [-0.15, -0.1) is 12.4 Å². The SMILES string of the molecule is CN(c1nsc2ccccc12)[C@H]1CCNC1.Cl. The van der Waals surface area contributed by atoms with E-state index in [1.807, 2.05) is 0 Å². The Labute approximate surface area is 111 Å². The molecule has 1 aromatic heterocycles. The molecular weight excluding hydrogens is 254 g/mol. The molecule has 0 unspecified atom stereocenters. The maximum Gasteiger partial charge on any atom is 0.150 e. The number of rotatable bonds is 2. The molecule has 3 rings (SSSR count). The summed E-state index contributed by atoms with van der Waals surface area (Å²) in [4.78, 5) is 2.32. The number of nitrogens with zero attached hydrogens (tertiary/aromatic N) is 2. The molecule has 0 radical (unpaired) electrons. The first kappa shape index (κ1) is 12.6. The van der Waals surface area contributed by atoms with Crippen molar-refractivity contribution in [2.75, 3.05) is 25.0 Å². The lowest BCUT2D eigenvalue weighted by molar-refractivity contribution is 0.682. The van der Waals surface area contributed by atoms with Crippen LogP contribution in [0.2, 0.25) is 0 Å². The molecule has 1 aliphatic heterocycles. The van der Waals surface area contributed by atoms with Crippen LogP contribution in [-0.4, -0.2) is 30.6 Å². The summed E-state index contributed by atoms with van der Waals surface area (Å²) in [5.41, 5.74) is 0. The Balaban J connectivity index is 0.00000108. The molecule has 1 saturated heterocycles. The van der Waals surface area contributed by atoms with Gasteiger partial charge in [-0.2, -0.15) is 4.37 Å². The summed E-state index contributed by atoms with van der Waals surface area (Å²) < 4.78 is 5.85. The highest BCUT2D eigenvalue weighted by atomic mass is 35.5. The lowest BCUT2D eigenvalue weighted by atomic mass is 10.2. The van der Waals surface area contributed by atoms with Crippen LogP contribution in [-0.2, 0) is 0 Å². The topological polar surface area (TPSA) is 28.2 Å². The van der Waals surface area contributed by atoms with Crippen LogP contribution in [0.4, 0.5) is 5.82 Å². The van der Waals surface area contributed by atoms with Crippen LogP contribution >= 0.6 is 23.9 Å².